The highest BCUT2D eigenvalue weighted by Gasteiger charge is 2.23. The van der Waals surface area contributed by atoms with Gasteiger partial charge in [0.25, 0.3) is 10.0 Å². The third kappa shape index (κ3) is 4.91. The zero-order valence-corrected chi connectivity index (χ0v) is 16.7. The van der Waals surface area contributed by atoms with Crippen molar-refractivity contribution >= 4 is 16.1 Å². The van der Waals surface area contributed by atoms with Gasteiger partial charge in [-0.25, -0.2) is 27.6 Å². The monoisotopic (exact) mass is 416 g/mol. The Morgan fingerprint density at radius 1 is 1.17 bits per heavy atom. The molecule has 0 saturated carbocycles. The van der Waals surface area contributed by atoms with Crippen molar-refractivity contribution in [3.63, 3.8) is 0 Å². The van der Waals surface area contributed by atoms with Gasteiger partial charge in [-0.05, 0) is 36.2 Å². The van der Waals surface area contributed by atoms with Crippen molar-refractivity contribution in [2.75, 3.05) is 13.7 Å². The minimum Gasteiger partial charge on any atom is -0.497 e. The first-order chi connectivity index (χ1) is 13.9. The van der Waals surface area contributed by atoms with E-state index in [1.807, 2.05) is 16.9 Å². The largest absolute Gasteiger partial charge is 0.497 e. The average molecular weight is 416 g/mol. The maximum Gasteiger partial charge on any atom is 0.421 e. The quantitative estimate of drug-likeness (QED) is 0.629. The maximum atomic E-state index is 12.7. The van der Waals surface area contributed by atoms with Gasteiger partial charge in [0, 0.05) is 5.56 Å². The molecule has 152 valence electrons. The van der Waals surface area contributed by atoms with Crippen LogP contribution in [0.2, 0.25) is 0 Å². The number of carbonyl (C=O) groups excluding carboxylic acids is 1. The van der Waals surface area contributed by atoms with Crippen LogP contribution in [-0.4, -0.2) is 43.0 Å². The Morgan fingerprint density at radius 3 is 2.55 bits per heavy atom. The zero-order chi connectivity index (χ0) is 20.9. The second-order valence-electron chi connectivity index (χ2n) is 5.98. The van der Waals surface area contributed by atoms with Gasteiger partial charge in [0.05, 0.1) is 25.2 Å². The van der Waals surface area contributed by atoms with Crippen LogP contribution in [0, 0.1) is 0 Å². The average Bonchev–Trinajstić information content (AvgIpc) is 3.21. The van der Waals surface area contributed by atoms with Gasteiger partial charge in [-0.15, -0.1) is 0 Å². The predicted molar refractivity (Wildman–Crippen MR) is 105 cm³/mol. The first-order valence-electron chi connectivity index (χ1n) is 8.72. The van der Waals surface area contributed by atoms with E-state index in [2.05, 4.69) is 14.8 Å². The molecule has 0 spiro atoms. The summed E-state index contributed by atoms with van der Waals surface area (Å²) in [5, 5.41) is 4.06. The number of rotatable bonds is 7. The second-order valence-corrected chi connectivity index (χ2v) is 7.63. The predicted octanol–water partition coefficient (Wildman–Crippen LogP) is 2.44. The van der Waals surface area contributed by atoms with Crippen LogP contribution in [0.25, 0.3) is 11.1 Å². The lowest BCUT2D eigenvalue weighted by molar-refractivity contribution is 0.158. The molecule has 0 aliphatic carbocycles. The van der Waals surface area contributed by atoms with Crippen LogP contribution in [0.4, 0.5) is 4.79 Å². The van der Waals surface area contributed by atoms with Crippen LogP contribution in [0.1, 0.15) is 12.5 Å². The molecule has 1 heterocycles. The highest BCUT2D eigenvalue weighted by Crippen LogP contribution is 2.31. The fourth-order valence-electron chi connectivity index (χ4n) is 2.71. The Kier molecular flexibility index (Phi) is 6.13. The van der Waals surface area contributed by atoms with Gasteiger partial charge in [0.2, 0.25) is 0 Å². The van der Waals surface area contributed by atoms with Gasteiger partial charge in [-0.2, -0.15) is 5.10 Å². The molecule has 3 rings (SSSR count). The Morgan fingerprint density at radius 2 is 1.93 bits per heavy atom. The topological polar surface area (TPSA) is 112 Å². The lowest BCUT2D eigenvalue weighted by Gasteiger charge is -2.13. The van der Waals surface area contributed by atoms with Crippen LogP contribution >= 0.6 is 0 Å². The van der Waals surface area contributed by atoms with E-state index in [4.69, 9.17) is 4.74 Å². The minimum absolute atomic E-state index is 0.0596. The van der Waals surface area contributed by atoms with Gasteiger partial charge in [-0.1, -0.05) is 24.3 Å². The number of ether oxygens (including phenoxy) is 2. The van der Waals surface area contributed by atoms with E-state index in [1.165, 1.54) is 25.6 Å². The Bertz CT molecular complexity index is 1080. The third-order valence-corrected chi connectivity index (χ3v) is 5.42. The molecule has 1 N–H and O–H groups in total. The number of aromatic nitrogens is 3. The standard InChI is InChI=1S/C19H20N4O5S/c1-3-28-19(24)22-29(25,26)18-9-8-16(27-2)10-17(18)15-6-4-14(5-7-15)11-23-13-20-12-21-23/h4-10,12-13H,3,11H2,1-2H3,(H,22,24). The van der Waals surface area contributed by atoms with Crippen LogP contribution in [0.5, 0.6) is 5.75 Å². The number of nitrogens with one attached hydrogen (secondary N) is 1. The van der Waals surface area contributed by atoms with Crippen molar-refractivity contribution in [2.24, 2.45) is 0 Å². The van der Waals surface area contributed by atoms with Crippen molar-refractivity contribution in [1.29, 1.82) is 0 Å². The maximum absolute atomic E-state index is 12.7. The smallest absolute Gasteiger partial charge is 0.421 e. The van der Waals surface area contributed by atoms with Gasteiger partial charge >= 0.3 is 6.09 Å². The molecule has 2 aromatic carbocycles. The van der Waals surface area contributed by atoms with E-state index in [9.17, 15) is 13.2 Å². The van der Waals surface area contributed by atoms with E-state index >= 15 is 0 Å². The van der Waals surface area contributed by atoms with Crippen LogP contribution in [0.15, 0.2) is 60.0 Å². The van der Waals surface area contributed by atoms with Crippen LogP contribution in [0.3, 0.4) is 0 Å². The number of benzene rings is 2. The summed E-state index contributed by atoms with van der Waals surface area (Å²) in [4.78, 5) is 15.5. The normalized spacial score (nSPS) is 11.1. The molecule has 10 heteroatoms. The molecule has 0 fully saturated rings. The molecule has 0 unspecified atom stereocenters. The van der Waals surface area contributed by atoms with Crippen LogP contribution < -0.4 is 9.46 Å². The molecule has 0 radical (unpaired) electrons. The molecule has 3 aromatic rings. The molecule has 0 aliphatic heterocycles. The number of hydrogen-bond acceptors (Lipinski definition) is 7. The highest BCUT2D eigenvalue weighted by atomic mass is 32.2. The van der Waals surface area contributed by atoms with E-state index in [0.29, 0.717) is 23.4 Å². The highest BCUT2D eigenvalue weighted by molar-refractivity contribution is 7.90. The molecule has 1 amide bonds. The van der Waals surface area contributed by atoms with Crippen molar-refractivity contribution in [3.8, 4) is 16.9 Å². The molecular formula is C19H20N4O5S. The van der Waals surface area contributed by atoms with E-state index in [-0.39, 0.29) is 11.5 Å². The Labute approximate surface area is 168 Å². The fraction of sp³-hybridized carbons (Fsp3) is 0.211. The van der Waals surface area contributed by atoms with Gasteiger partial charge in [0.1, 0.15) is 18.4 Å². The van der Waals surface area contributed by atoms with Crippen LogP contribution in [-0.2, 0) is 21.3 Å². The van der Waals surface area contributed by atoms with Crippen molar-refractivity contribution in [3.05, 3.63) is 60.7 Å². The molecule has 29 heavy (non-hydrogen) atoms. The summed E-state index contributed by atoms with van der Waals surface area (Å²) in [6, 6.07) is 11.8. The number of methoxy groups -OCH3 is 1. The SMILES string of the molecule is CCOC(=O)NS(=O)(=O)c1ccc(OC)cc1-c1ccc(Cn2cncn2)cc1. The summed E-state index contributed by atoms with van der Waals surface area (Å²) >= 11 is 0. The minimum atomic E-state index is -4.14. The molecular weight excluding hydrogens is 396 g/mol. The number of sulfonamides is 1. The first kappa shape index (κ1) is 20.3. The number of hydrogen-bond donors (Lipinski definition) is 1. The van der Waals surface area contributed by atoms with Gasteiger partial charge in [-0.3, -0.25) is 0 Å². The summed E-state index contributed by atoms with van der Waals surface area (Å²) in [5.41, 5.74) is 2.01. The summed E-state index contributed by atoms with van der Waals surface area (Å²) in [6.45, 7) is 2.18. The third-order valence-electron chi connectivity index (χ3n) is 4.05. The lowest BCUT2D eigenvalue weighted by atomic mass is 10.0. The Hall–Kier alpha value is -3.40. The molecule has 0 bridgehead atoms. The zero-order valence-electron chi connectivity index (χ0n) is 15.9. The van der Waals surface area contributed by atoms with Crippen molar-refractivity contribution in [1.82, 2.24) is 19.5 Å². The summed E-state index contributed by atoms with van der Waals surface area (Å²) < 4.78 is 39.0. The van der Waals surface area contributed by atoms with Crippen molar-refractivity contribution in [2.45, 2.75) is 18.4 Å². The van der Waals surface area contributed by atoms with E-state index in [1.54, 1.807) is 36.1 Å². The molecule has 0 saturated heterocycles. The van der Waals surface area contributed by atoms with Gasteiger partial charge in [0.15, 0.2) is 0 Å². The summed E-state index contributed by atoms with van der Waals surface area (Å²) in [7, 11) is -2.65. The van der Waals surface area contributed by atoms with E-state index in [0.717, 1.165) is 5.56 Å². The molecule has 9 nitrogen and oxygen atoms in total. The van der Waals surface area contributed by atoms with Gasteiger partial charge < -0.3 is 9.47 Å². The van der Waals surface area contributed by atoms with E-state index < -0.39 is 16.1 Å². The first-order valence-corrected chi connectivity index (χ1v) is 10.2. The fourth-order valence-corrected chi connectivity index (χ4v) is 3.81. The summed E-state index contributed by atoms with van der Waals surface area (Å²) in [6.07, 6.45) is 2.04. The lowest BCUT2D eigenvalue weighted by Crippen LogP contribution is -2.31. The molecule has 1 aromatic heterocycles. The second kappa shape index (κ2) is 8.74. The number of amides is 1. The number of carbonyl (C=O) groups is 1. The molecule has 0 aliphatic rings. The number of nitrogens with zero attached hydrogens (tertiary/aromatic N) is 3. The summed E-state index contributed by atoms with van der Waals surface area (Å²) in [5.74, 6) is 0.488. The molecule has 0 atom stereocenters. The van der Waals surface area contributed by atoms with Crippen molar-refractivity contribution < 1.29 is 22.7 Å². The Balaban J connectivity index is 1.96.